The van der Waals surface area contributed by atoms with Crippen molar-refractivity contribution in [2.45, 2.75) is 31.5 Å². The third kappa shape index (κ3) is 3.38. The molecule has 0 spiro atoms. The van der Waals surface area contributed by atoms with Gasteiger partial charge in [0.25, 0.3) is 0 Å². The van der Waals surface area contributed by atoms with Crippen LogP contribution in [0.3, 0.4) is 0 Å². The quantitative estimate of drug-likeness (QED) is 0.873. The van der Waals surface area contributed by atoms with Gasteiger partial charge in [-0.25, -0.2) is 4.39 Å². The lowest BCUT2D eigenvalue weighted by Gasteiger charge is -2.24. The molecule has 2 heterocycles. The summed E-state index contributed by atoms with van der Waals surface area (Å²) in [5.74, 6) is -1.21. The van der Waals surface area contributed by atoms with Crippen molar-refractivity contribution in [1.82, 2.24) is 19.7 Å². The molecule has 0 fully saturated rings. The highest BCUT2D eigenvalue weighted by Gasteiger charge is 2.26. The normalized spacial score (nSPS) is 11.6. The van der Waals surface area contributed by atoms with Crippen LogP contribution in [0, 0.1) is 5.82 Å². The smallest absolute Gasteiger partial charge is 0.313 e. The highest BCUT2D eigenvalue weighted by molar-refractivity contribution is 7.99. The van der Waals surface area contributed by atoms with Gasteiger partial charge < -0.3 is 5.11 Å². The maximum atomic E-state index is 13.9. The van der Waals surface area contributed by atoms with E-state index in [2.05, 4.69) is 15.2 Å². The van der Waals surface area contributed by atoms with Crippen molar-refractivity contribution < 1.29 is 14.3 Å². The molecule has 6 nitrogen and oxygen atoms in total. The van der Waals surface area contributed by atoms with Crippen LogP contribution in [0.15, 0.2) is 23.6 Å². The van der Waals surface area contributed by atoms with Gasteiger partial charge in [-0.15, -0.1) is 10.2 Å². The molecule has 2 rings (SSSR count). The number of carboxylic acids is 1. The first-order valence-corrected chi connectivity index (χ1v) is 7.19. The van der Waals surface area contributed by atoms with Crippen LogP contribution >= 0.6 is 11.8 Å². The number of pyridine rings is 1. The van der Waals surface area contributed by atoms with Gasteiger partial charge in [-0.05, 0) is 26.8 Å². The lowest BCUT2D eigenvalue weighted by molar-refractivity contribution is -0.133. The van der Waals surface area contributed by atoms with Gasteiger partial charge in [-0.2, -0.15) is 0 Å². The highest BCUT2D eigenvalue weighted by Crippen LogP contribution is 2.31. The van der Waals surface area contributed by atoms with E-state index in [0.717, 1.165) is 18.0 Å². The lowest BCUT2D eigenvalue weighted by atomic mass is 10.1. The number of aromatic nitrogens is 4. The average Bonchev–Trinajstić information content (AvgIpc) is 2.80. The van der Waals surface area contributed by atoms with E-state index >= 15 is 0 Å². The topological polar surface area (TPSA) is 80.9 Å². The molecule has 0 saturated heterocycles. The number of hydrogen-bond acceptors (Lipinski definition) is 5. The van der Waals surface area contributed by atoms with Crippen molar-refractivity contribution in [2.75, 3.05) is 5.75 Å². The summed E-state index contributed by atoms with van der Waals surface area (Å²) < 4.78 is 15.7. The van der Waals surface area contributed by atoms with E-state index in [1.807, 2.05) is 20.8 Å². The molecule has 0 amide bonds. The first kappa shape index (κ1) is 15.4. The summed E-state index contributed by atoms with van der Waals surface area (Å²) in [5, 5.41) is 17.3. The van der Waals surface area contributed by atoms with Crippen LogP contribution in [0.25, 0.3) is 11.4 Å². The van der Waals surface area contributed by atoms with Crippen molar-refractivity contribution >= 4 is 17.7 Å². The second-order valence-electron chi connectivity index (χ2n) is 5.35. The zero-order valence-electron chi connectivity index (χ0n) is 11.9. The van der Waals surface area contributed by atoms with Crippen molar-refractivity contribution in [1.29, 1.82) is 0 Å². The molecule has 112 valence electrons. The SMILES string of the molecule is CC(C)(C)n1c(SCC(=O)O)nnc1-c1ccncc1F. The number of thioether (sulfide) groups is 1. The number of nitrogens with zero attached hydrogens (tertiary/aromatic N) is 4. The second-order valence-corrected chi connectivity index (χ2v) is 6.29. The summed E-state index contributed by atoms with van der Waals surface area (Å²) in [6.07, 6.45) is 2.59. The molecule has 0 saturated carbocycles. The van der Waals surface area contributed by atoms with E-state index in [1.54, 1.807) is 4.57 Å². The van der Waals surface area contributed by atoms with Gasteiger partial charge in [0.05, 0.1) is 17.5 Å². The van der Waals surface area contributed by atoms with E-state index < -0.39 is 17.3 Å². The molecule has 0 aliphatic rings. The zero-order chi connectivity index (χ0) is 15.6. The maximum absolute atomic E-state index is 13.9. The predicted octanol–water partition coefficient (Wildman–Crippen LogP) is 2.41. The van der Waals surface area contributed by atoms with Crippen molar-refractivity contribution in [3.63, 3.8) is 0 Å². The van der Waals surface area contributed by atoms with Crippen LogP contribution in [0.4, 0.5) is 4.39 Å². The number of aliphatic carboxylic acids is 1. The van der Waals surface area contributed by atoms with Crippen LogP contribution in [-0.2, 0) is 10.3 Å². The Morgan fingerprint density at radius 3 is 2.71 bits per heavy atom. The summed E-state index contributed by atoms with van der Waals surface area (Å²) in [5.41, 5.74) is -0.135. The van der Waals surface area contributed by atoms with E-state index in [0.29, 0.717) is 11.0 Å². The van der Waals surface area contributed by atoms with E-state index in [4.69, 9.17) is 5.11 Å². The monoisotopic (exact) mass is 310 g/mol. The Morgan fingerprint density at radius 2 is 2.14 bits per heavy atom. The van der Waals surface area contributed by atoms with Crippen molar-refractivity contribution in [3.8, 4) is 11.4 Å². The number of rotatable bonds is 4. The van der Waals surface area contributed by atoms with Gasteiger partial charge in [-0.3, -0.25) is 14.3 Å². The van der Waals surface area contributed by atoms with Gasteiger partial charge in [0, 0.05) is 11.7 Å². The van der Waals surface area contributed by atoms with Crippen molar-refractivity contribution in [3.05, 3.63) is 24.3 Å². The van der Waals surface area contributed by atoms with Crippen LogP contribution in [0.1, 0.15) is 20.8 Å². The Labute approximate surface area is 125 Å². The average molecular weight is 310 g/mol. The molecule has 8 heteroatoms. The summed E-state index contributed by atoms with van der Waals surface area (Å²) in [6.45, 7) is 5.76. The summed E-state index contributed by atoms with van der Waals surface area (Å²) >= 11 is 1.06. The minimum absolute atomic E-state index is 0.132. The molecular weight excluding hydrogens is 295 g/mol. The first-order valence-electron chi connectivity index (χ1n) is 6.21. The van der Waals surface area contributed by atoms with Crippen molar-refractivity contribution in [2.24, 2.45) is 0 Å². The zero-order valence-corrected chi connectivity index (χ0v) is 12.7. The predicted molar refractivity (Wildman–Crippen MR) is 76.6 cm³/mol. The molecule has 0 aliphatic heterocycles. The second kappa shape index (κ2) is 5.80. The molecule has 0 aromatic carbocycles. The summed E-state index contributed by atoms with van der Waals surface area (Å²) in [4.78, 5) is 14.4. The number of carboxylic acid groups (broad SMARTS) is 1. The largest absolute Gasteiger partial charge is 0.481 e. The Bertz CT molecular complexity index is 666. The molecule has 2 aromatic rings. The van der Waals surface area contributed by atoms with Gasteiger partial charge >= 0.3 is 5.97 Å². The maximum Gasteiger partial charge on any atom is 0.313 e. The number of hydrogen-bond donors (Lipinski definition) is 1. The minimum Gasteiger partial charge on any atom is -0.481 e. The van der Waals surface area contributed by atoms with Gasteiger partial charge in [0.1, 0.15) is 0 Å². The van der Waals surface area contributed by atoms with Gasteiger partial charge in [0.2, 0.25) is 0 Å². The van der Waals surface area contributed by atoms with E-state index in [9.17, 15) is 9.18 Å². The fraction of sp³-hybridized carbons (Fsp3) is 0.385. The standard InChI is InChI=1S/C13H15FN4O2S/c1-13(2,3)18-11(8-4-5-15-6-9(8)14)16-17-12(18)21-7-10(19)20/h4-6H,7H2,1-3H3,(H,19,20). The third-order valence-corrected chi connectivity index (χ3v) is 3.56. The van der Waals surface area contributed by atoms with Crippen LogP contribution in [-0.4, -0.2) is 36.6 Å². The third-order valence-electron chi connectivity index (χ3n) is 2.64. The Hall–Kier alpha value is -1.96. The molecule has 21 heavy (non-hydrogen) atoms. The molecule has 0 bridgehead atoms. The van der Waals surface area contributed by atoms with E-state index in [-0.39, 0.29) is 11.3 Å². The molecule has 1 N–H and O–H groups in total. The molecule has 0 atom stereocenters. The van der Waals surface area contributed by atoms with Gasteiger partial charge in [-0.1, -0.05) is 11.8 Å². The van der Waals surface area contributed by atoms with Crippen LogP contribution < -0.4 is 0 Å². The fourth-order valence-electron chi connectivity index (χ4n) is 1.83. The minimum atomic E-state index is -0.944. The Kier molecular flexibility index (Phi) is 4.26. The summed E-state index contributed by atoms with van der Waals surface area (Å²) in [7, 11) is 0. The number of carbonyl (C=O) groups is 1. The molecule has 0 radical (unpaired) electrons. The number of halogens is 1. The van der Waals surface area contributed by atoms with Crippen LogP contribution in [0.2, 0.25) is 0 Å². The Morgan fingerprint density at radius 1 is 1.43 bits per heavy atom. The molecule has 0 unspecified atom stereocenters. The first-order chi connectivity index (χ1) is 9.80. The van der Waals surface area contributed by atoms with Gasteiger partial charge in [0.15, 0.2) is 16.8 Å². The van der Waals surface area contributed by atoms with Crippen LogP contribution in [0.5, 0.6) is 0 Å². The lowest BCUT2D eigenvalue weighted by Crippen LogP contribution is -2.24. The van der Waals surface area contributed by atoms with E-state index in [1.165, 1.54) is 12.3 Å². The molecule has 2 aromatic heterocycles. The molecular formula is C13H15FN4O2S. The summed E-state index contributed by atoms with van der Waals surface area (Å²) in [6, 6.07) is 1.52. The molecule has 0 aliphatic carbocycles. The Balaban J connectivity index is 2.52. The fourth-order valence-corrected chi connectivity index (χ4v) is 2.67. The highest BCUT2D eigenvalue weighted by atomic mass is 32.2.